The molecule has 7 heteroatoms. The molecule has 7 nitrogen and oxygen atoms in total. The van der Waals surface area contributed by atoms with E-state index < -0.39 is 0 Å². The highest BCUT2D eigenvalue weighted by Crippen LogP contribution is 2.24. The molecule has 3 rings (SSSR count). The number of piperazine rings is 1. The van der Waals surface area contributed by atoms with Gasteiger partial charge in [0.25, 0.3) is 0 Å². The first-order valence-electron chi connectivity index (χ1n) is 11.3. The number of nitrogens with one attached hydrogen (secondary N) is 1. The summed E-state index contributed by atoms with van der Waals surface area (Å²) >= 11 is 0. The van der Waals surface area contributed by atoms with Gasteiger partial charge in [0.2, 0.25) is 5.91 Å². The Morgan fingerprint density at radius 1 is 1.20 bits per heavy atom. The normalized spacial score (nSPS) is 24.1. The number of hydrogen-bond donors (Lipinski definition) is 2. The maximum Gasteiger partial charge on any atom is 0.217 e. The van der Waals surface area contributed by atoms with Crippen LogP contribution in [0.4, 0.5) is 0 Å². The molecule has 0 radical (unpaired) electrons. The Labute approximate surface area is 181 Å². The Balaban J connectivity index is 1.47. The zero-order valence-electron chi connectivity index (χ0n) is 18.6. The average Bonchev–Trinajstić information content (AvgIpc) is 2.75. The van der Waals surface area contributed by atoms with Crippen LogP contribution in [0.5, 0.6) is 0 Å². The van der Waals surface area contributed by atoms with Gasteiger partial charge in [0.15, 0.2) is 5.96 Å². The van der Waals surface area contributed by atoms with Gasteiger partial charge in [-0.05, 0) is 37.8 Å². The van der Waals surface area contributed by atoms with Crippen LogP contribution in [0.25, 0.3) is 0 Å². The number of guanidine groups is 1. The smallest absolute Gasteiger partial charge is 0.217 e. The van der Waals surface area contributed by atoms with Gasteiger partial charge >= 0.3 is 0 Å². The van der Waals surface area contributed by atoms with Crippen molar-refractivity contribution in [3.05, 3.63) is 35.9 Å². The first-order chi connectivity index (χ1) is 14.6. The molecule has 1 aromatic carbocycles. The maximum atomic E-state index is 11.3. The van der Waals surface area contributed by atoms with Crippen LogP contribution in [0.3, 0.4) is 0 Å². The summed E-state index contributed by atoms with van der Waals surface area (Å²) in [5.41, 5.74) is 6.80. The van der Waals surface area contributed by atoms with E-state index in [2.05, 4.69) is 62.4 Å². The molecule has 2 aliphatic heterocycles. The number of likely N-dealkylation sites (tertiary alicyclic amines) is 1. The van der Waals surface area contributed by atoms with Gasteiger partial charge < -0.3 is 20.9 Å². The molecule has 2 atom stereocenters. The number of hydrogen-bond acceptors (Lipinski definition) is 4. The molecule has 1 amide bonds. The van der Waals surface area contributed by atoms with Crippen molar-refractivity contribution in [2.75, 3.05) is 59.9 Å². The van der Waals surface area contributed by atoms with E-state index in [1.54, 1.807) is 0 Å². The van der Waals surface area contributed by atoms with Crippen molar-refractivity contribution in [2.24, 2.45) is 16.6 Å². The minimum Gasteiger partial charge on any atom is -0.370 e. The van der Waals surface area contributed by atoms with E-state index in [9.17, 15) is 4.79 Å². The summed E-state index contributed by atoms with van der Waals surface area (Å²) in [4.78, 5) is 23.1. The monoisotopic (exact) mass is 414 g/mol. The van der Waals surface area contributed by atoms with E-state index in [1.807, 2.05) is 7.05 Å². The van der Waals surface area contributed by atoms with E-state index in [1.165, 1.54) is 5.56 Å². The highest BCUT2D eigenvalue weighted by molar-refractivity contribution is 5.80. The first kappa shape index (κ1) is 22.6. The molecule has 0 aromatic heterocycles. The summed E-state index contributed by atoms with van der Waals surface area (Å²) in [6.07, 6.45) is 3.70. The number of piperidine rings is 1. The number of likely N-dealkylation sites (N-methyl/N-ethyl adjacent to an activating group) is 1. The number of carbonyl (C=O) groups excluding carboxylic acids is 1. The topological polar surface area (TPSA) is 77.2 Å². The number of nitrogens with zero attached hydrogens (tertiary/aromatic N) is 4. The average molecular weight is 415 g/mol. The summed E-state index contributed by atoms with van der Waals surface area (Å²) in [5, 5.41) is 3.54. The second-order valence-electron chi connectivity index (χ2n) is 8.68. The van der Waals surface area contributed by atoms with Crippen molar-refractivity contribution < 1.29 is 4.79 Å². The van der Waals surface area contributed by atoms with Crippen LogP contribution in [-0.2, 0) is 4.79 Å². The SMILES string of the molecule is CN=C(NCCCN1CCN(C)CC1c1ccccc1)N1CCCC(CC(N)=O)C1. The fourth-order valence-electron chi connectivity index (χ4n) is 4.74. The minimum atomic E-state index is -0.204. The van der Waals surface area contributed by atoms with Crippen molar-refractivity contribution >= 4 is 11.9 Å². The lowest BCUT2D eigenvalue weighted by Gasteiger charge is -2.40. The van der Waals surface area contributed by atoms with Crippen molar-refractivity contribution in [2.45, 2.75) is 31.7 Å². The summed E-state index contributed by atoms with van der Waals surface area (Å²) < 4.78 is 0. The van der Waals surface area contributed by atoms with E-state index in [0.717, 1.165) is 71.0 Å². The summed E-state index contributed by atoms with van der Waals surface area (Å²) in [6, 6.07) is 11.3. The molecule has 2 fully saturated rings. The standard InChI is InChI=1S/C23H38N6O/c1-25-23(29-12-6-8-19(17-29)16-22(24)30)26-11-7-13-28-15-14-27(2)18-21(28)20-9-4-3-5-10-20/h3-5,9-10,19,21H,6-8,11-18H2,1-2H3,(H2,24,30)(H,25,26). The van der Waals surface area contributed by atoms with Gasteiger partial charge in [-0.1, -0.05) is 30.3 Å². The molecule has 0 bridgehead atoms. The molecule has 2 unspecified atom stereocenters. The van der Waals surface area contributed by atoms with Crippen molar-refractivity contribution in [1.29, 1.82) is 0 Å². The second kappa shape index (κ2) is 11.3. The van der Waals surface area contributed by atoms with E-state index in [0.29, 0.717) is 18.4 Å². The lowest BCUT2D eigenvalue weighted by molar-refractivity contribution is -0.119. The number of benzene rings is 1. The molecule has 2 aliphatic rings. The predicted octanol–water partition coefficient (Wildman–Crippen LogP) is 1.53. The Bertz CT molecular complexity index is 694. The van der Waals surface area contributed by atoms with Gasteiger partial charge in [0.1, 0.15) is 0 Å². The number of carbonyl (C=O) groups is 1. The molecule has 166 valence electrons. The number of amides is 1. The third-order valence-electron chi connectivity index (χ3n) is 6.30. The lowest BCUT2D eigenvalue weighted by atomic mass is 9.95. The molecule has 0 spiro atoms. The minimum absolute atomic E-state index is 0.204. The van der Waals surface area contributed by atoms with Gasteiger partial charge in [-0.15, -0.1) is 0 Å². The van der Waals surface area contributed by atoms with Gasteiger partial charge in [0, 0.05) is 65.3 Å². The van der Waals surface area contributed by atoms with E-state index in [-0.39, 0.29) is 5.91 Å². The highest BCUT2D eigenvalue weighted by Gasteiger charge is 2.26. The van der Waals surface area contributed by atoms with Crippen molar-refractivity contribution in [1.82, 2.24) is 20.0 Å². The Kier molecular flexibility index (Phi) is 8.51. The molecule has 2 saturated heterocycles. The Hall–Kier alpha value is -2.12. The van der Waals surface area contributed by atoms with Crippen LogP contribution in [0.1, 0.15) is 37.3 Å². The van der Waals surface area contributed by atoms with Crippen LogP contribution in [0.15, 0.2) is 35.3 Å². The quantitative estimate of drug-likeness (QED) is 0.402. The fraction of sp³-hybridized carbons (Fsp3) is 0.652. The number of nitrogens with two attached hydrogens (primary N) is 1. The zero-order chi connectivity index (χ0) is 21.3. The predicted molar refractivity (Wildman–Crippen MR) is 122 cm³/mol. The summed E-state index contributed by atoms with van der Waals surface area (Å²) in [7, 11) is 4.05. The summed E-state index contributed by atoms with van der Waals surface area (Å²) in [5.74, 6) is 1.08. The van der Waals surface area contributed by atoms with Crippen LogP contribution in [-0.4, -0.2) is 86.5 Å². The van der Waals surface area contributed by atoms with Gasteiger partial charge in [-0.2, -0.15) is 0 Å². The van der Waals surface area contributed by atoms with Crippen LogP contribution in [0, 0.1) is 5.92 Å². The summed E-state index contributed by atoms with van der Waals surface area (Å²) in [6.45, 7) is 7.12. The third-order valence-corrected chi connectivity index (χ3v) is 6.30. The van der Waals surface area contributed by atoms with Gasteiger partial charge in [-0.25, -0.2) is 0 Å². The zero-order valence-corrected chi connectivity index (χ0v) is 18.6. The van der Waals surface area contributed by atoms with E-state index in [4.69, 9.17) is 5.73 Å². The Morgan fingerprint density at radius 3 is 2.73 bits per heavy atom. The largest absolute Gasteiger partial charge is 0.370 e. The van der Waals surface area contributed by atoms with E-state index >= 15 is 0 Å². The molecule has 0 aliphatic carbocycles. The maximum absolute atomic E-state index is 11.3. The molecule has 30 heavy (non-hydrogen) atoms. The van der Waals surface area contributed by atoms with Gasteiger partial charge in [-0.3, -0.25) is 14.7 Å². The molecular weight excluding hydrogens is 376 g/mol. The molecule has 0 saturated carbocycles. The Morgan fingerprint density at radius 2 is 2.00 bits per heavy atom. The number of aliphatic imine (C=N–C) groups is 1. The third kappa shape index (κ3) is 6.44. The van der Waals surface area contributed by atoms with Crippen molar-refractivity contribution in [3.8, 4) is 0 Å². The number of rotatable bonds is 7. The molecule has 3 N–H and O–H groups in total. The van der Waals surface area contributed by atoms with Crippen LogP contribution in [0.2, 0.25) is 0 Å². The first-order valence-corrected chi connectivity index (χ1v) is 11.3. The molecule has 2 heterocycles. The lowest BCUT2D eigenvalue weighted by Crippen LogP contribution is -2.49. The molecular formula is C23H38N6O. The second-order valence-corrected chi connectivity index (χ2v) is 8.68. The number of primary amides is 1. The van der Waals surface area contributed by atoms with Crippen molar-refractivity contribution in [3.63, 3.8) is 0 Å². The fourth-order valence-corrected chi connectivity index (χ4v) is 4.74. The molecule has 1 aromatic rings. The van der Waals surface area contributed by atoms with Crippen LogP contribution < -0.4 is 11.1 Å². The highest BCUT2D eigenvalue weighted by atomic mass is 16.1. The van der Waals surface area contributed by atoms with Gasteiger partial charge in [0.05, 0.1) is 0 Å². The van der Waals surface area contributed by atoms with Crippen LogP contribution >= 0.6 is 0 Å².